The van der Waals surface area contributed by atoms with Crippen LogP contribution in [0.3, 0.4) is 0 Å². The first-order chi connectivity index (χ1) is 9.29. The molecule has 1 aromatic heterocycles. The smallest absolute Gasteiger partial charge is 0.273 e. The van der Waals surface area contributed by atoms with E-state index in [-0.39, 0.29) is 5.91 Å². The maximum absolute atomic E-state index is 11.8. The van der Waals surface area contributed by atoms with Gasteiger partial charge in [0.15, 0.2) is 5.69 Å². The molecule has 19 heavy (non-hydrogen) atoms. The van der Waals surface area contributed by atoms with E-state index in [0.29, 0.717) is 25.3 Å². The number of carbonyl (C=O) groups excluding carboxylic acids is 1. The molecule has 0 aromatic carbocycles. The molecule has 0 aliphatic heterocycles. The first-order valence-electron chi connectivity index (χ1n) is 6.86. The SMILES string of the molecule is NCCn1cc(C(=O)NCCC2=CCCCC2)nn1. The normalized spacial score (nSPS) is 15.1. The van der Waals surface area contributed by atoms with Crippen LogP contribution in [0.1, 0.15) is 42.6 Å². The minimum atomic E-state index is -0.167. The van der Waals surface area contributed by atoms with Crippen LogP contribution in [0.4, 0.5) is 0 Å². The number of nitrogens with zero attached hydrogens (tertiary/aromatic N) is 3. The Hall–Kier alpha value is -1.69. The van der Waals surface area contributed by atoms with E-state index in [0.717, 1.165) is 6.42 Å². The van der Waals surface area contributed by atoms with Gasteiger partial charge in [-0.05, 0) is 32.1 Å². The van der Waals surface area contributed by atoms with Crippen molar-refractivity contribution in [2.75, 3.05) is 13.1 Å². The van der Waals surface area contributed by atoms with Gasteiger partial charge in [-0.2, -0.15) is 0 Å². The third kappa shape index (κ3) is 4.17. The van der Waals surface area contributed by atoms with Gasteiger partial charge < -0.3 is 11.1 Å². The number of rotatable bonds is 6. The van der Waals surface area contributed by atoms with E-state index in [1.54, 1.807) is 10.9 Å². The summed E-state index contributed by atoms with van der Waals surface area (Å²) < 4.78 is 1.58. The zero-order chi connectivity index (χ0) is 13.5. The molecule has 0 spiro atoms. The van der Waals surface area contributed by atoms with Gasteiger partial charge in [-0.1, -0.05) is 16.9 Å². The number of nitrogens with one attached hydrogen (secondary N) is 1. The summed E-state index contributed by atoms with van der Waals surface area (Å²) in [4.78, 5) is 11.8. The van der Waals surface area contributed by atoms with Crippen LogP contribution in [-0.2, 0) is 6.54 Å². The molecule has 1 amide bonds. The van der Waals surface area contributed by atoms with Crippen molar-refractivity contribution >= 4 is 5.91 Å². The van der Waals surface area contributed by atoms with Gasteiger partial charge in [0.2, 0.25) is 0 Å². The lowest BCUT2D eigenvalue weighted by atomic mass is 9.97. The molecule has 0 unspecified atom stereocenters. The van der Waals surface area contributed by atoms with Crippen LogP contribution in [0, 0.1) is 0 Å². The average molecular weight is 263 g/mol. The van der Waals surface area contributed by atoms with Crippen molar-refractivity contribution in [1.29, 1.82) is 0 Å². The van der Waals surface area contributed by atoms with Crippen molar-refractivity contribution in [3.8, 4) is 0 Å². The average Bonchev–Trinajstić information content (AvgIpc) is 2.89. The zero-order valence-corrected chi connectivity index (χ0v) is 11.1. The molecule has 0 saturated carbocycles. The van der Waals surface area contributed by atoms with Gasteiger partial charge in [0.1, 0.15) is 0 Å². The number of nitrogens with two attached hydrogens (primary N) is 1. The van der Waals surface area contributed by atoms with E-state index in [2.05, 4.69) is 21.7 Å². The summed E-state index contributed by atoms with van der Waals surface area (Å²) >= 11 is 0. The largest absolute Gasteiger partial charge is 0.350 e. The Labute approximate surface area is 113 Å². The Bertz CT molecular complexity index is 452. The van der Waals surface area contributed by atoms with E-state index in [4.69, 9.17) is 5.73 Å². The van der Waals surface area contributed by atoms with Crippen molar-refractivity contribution in [2.24, 2.45) is 5.73 Å². The Morgan fingerprint density at radius 2 is 2.37 bits per heavy atom. The zero-order valence-electron chi connectivity index (χ0n) is 11.1. The quantitative estimate of drug-likeness (QED) is 0.745. The summed E-state index contributed by atoms with van der Waals surface area (Å²) in [6, 6.07) is 0. The molecular formula is C13H21N5O. The van der Waals surface area contributed by atoms with Gasteiger partial charge in [-0.3, -0.25) is 9.48 Å². The van der Waals surface area contributed by atoms with Crippen LogP contribution in [0.2, 0.25) is 0 Å². The lowest BCUT2D eigenvalue weighted by Crippen LogP contribution is -2.25. The highest BCUT2D eigenvalue weighted by Crippen LogP contribution is 2.19. The van der Waals surface area contributed by atoms with Gasteiger partial charge in [-0.25, -0.2) is 0 Å². The summed E-state index contributed by atoms with van der Waals surface area (Å²) in [6.45, 7) is 1.72. The van der Waals surface area contributed by atoms with Crippen molar-refractivity contribution < 1.29 is 4.79 Å². The second kappa shape index (κ2) is 7.04. The third-order valence-corrected chi connectivity index (χ3v) is 3.25. The molecule has 0 fully saturated rings. The van der Waals surface area contributed by atoms with Crippen LogP contribution in [0.25, 0.3) is 0 Å². The Morgan fingerprint density at radius 1 is 1.47 bits per heavy atom. The molecule has 2 rings (SSSR count). The van der Waals surface area contributed by atoms with Crippen molar-refractivity contribution in [2.45, 2.75) is 38.6 Å². The Morgan fingerprint density at radius 3 is 3.11 bits per heavy atom. The number of amides is 1. The van der Waals surface area contributed by atoms with E-state index in [1.807, 2.05) is 0 Å². The minimum absolute atomic E-state index is 0.167. The lowest BCUT2D eigenvalue weighted by molar-refractivity contribution is 0.0949. The van der Waals surface area contributed by atoms with E-state index in [9.17, 15) is 4.79 Å². The molecule has 0 saturated heterocycles. The Kier molecular flexibility index (Phi) is 5.09. The van der Waals surface area contributed by atoms with Crippen LogP contribution >= 0.6 is 0 Å². The van der Waals surface area contributed by atoms with Crippen LogP contribution < -0.4 is 11.1 Å². The monoisotopic (exact) mass is 263 g/mol. The van der Waals surface area contributed by atoms with Gasteiger partial charge in [-0.15, -0.1) is 5.10 Å². The summed E-state index contributed by atoms with van der Waals surface area (Å²) in [6.07, 6.45) is 9.77. The van der Waals surface area contributed by atoms with Crippen LogP contribution in [0.15, 0.2) is 17.8 Å². The summed E-state index contributed by atoms with van der Waals surface area (Å²) in [5.41, 5.74) is 7.22. The number of aromatic nitrogens is 3. The number of hydrogen-bond donors (Lipinski definition) is 2. The minimum Gasteiger partial charge on any atom is -0.350 e. The number of hydrogen-bond acceptors (Lipinski definition) is 4. The van der Waals surface area contributed by atoms with Gasteiger partial charge in [0, 0.05) is 13.1 Å². The molecule has 1 heterocycles. The third-order valence-electron chi connectivity index (χ3n) is 3.25. The van der Waals surface area contributed by atoms with Crippen molar-refractivity contribution in [3.63, 3.8) is 0 Å². The maximum atomic E-state index is 11.8. The summed E-state index contributed by atoms with van der Waals surface area (Å²) in [5, 5.41) is 10.5. The van der Waals surface area contributed by atoms with Crippen molar-refractivity contribution in [3.05, 3.63) is 23.5 Å². The first kappa shape index (κ1) is 13.7. The van der Waals surface area contributed by atoms with E-state index < -0.39 is 0 Å². The molecule has 1 aliphatic rings. The van der Waals surface area contributed by atoms with E-state index >= 15 is 0 Å². The number of allylic oxidation sites excluding steroid dienone is 1. The highest BCUT2D eigenvalue weighted by Gasteiger charge is 2.10. The highest BCUT2D eigenvalue weighted by atomic mass is 16.2. The highest BCUT2D eigenvalue weighted by molar-refractivity contribution is 5.91. The van der Waals surface area contributed by atoms with Gasteiger partial charge in [0.25, 0.3) is 5.91 Å². The fourth-order valence-corrected chi connectivity index (χ4v) is 2.20. The topological polar surface area (TPSA) is 85.8 Å². The molecule has 0 atom stereocenters. The molecular weight excluding hydrogens is 242 g/mol. The van der Waals surface area contributed by atoms with Crippen molar-refractivity contribution in [1.82, 2.24) is 20.3 Å². The molecule has 6 heteroatoms. The molecule has 1 aliphatic carbocycles. The van der Waals surface area contributed by atoms with E-state index in [1.165, 1.54) is 31.3 Å². The fourth-order valence-electron chi connectivity index (χ4n) is 2.20. The van der Waals surface area contributed by atoms with Gasteiger partial charge >= 0.3 is 0 Å². The maximum Gasteiger partial charge on any atom is 0.273 e. The predicted molar refractivity (Wildman–Crippen MR) is 72.6 cm³/mol. The standard InChI is InChI=1S/C13H21N5O/c14-7-9-18-10-12(16-17-18)13(19)15-8-6-11-4-2-1-3-5-11/h4,10H,1-3,5-9,14H2,(H,15,19). The number of carbonyl (C=O) groups is 1. The van der Waals surface area contributed by atoms with Crippen LogP contribution in [-0.4, -0.2) is 34.0 Å². The Balaban J connectivity index is 1.75. The molecule has 6 nitrogen and oxygen atoms in total. The molecule has 3 N–H and O–H groups in total. The fraction of sp³-hybridized carbons (Fsp3) is 0.615. The first-order valence-corrected chi connectivity index (χ1v) is 6.86. The molecule has 0 radical (unpaired) electrons. The second-order valence-electron chi connectivity index (χ2n) is 4.77. The molecule has 0 bridgehead atoms. The summed E-state index contributed by atoms with van der Waals surface area (Å²) in [5.74, 6) is -0.167. The second-order valence-corrected chi connectivity index (χ2v) is 4.77. The lowest BCUT2D eigenvalue weighted by Gasteiger charge is -2.12. The predicted octanol–water partition coefficient (Wildman–Crippen LogP) is 0.857. The van der Waals surface area contributed by atoms with Crippen LogP contribution in [0.5, 0.6) is 0 Å². The molecule has 1 aromatic rings. The molecule has 104 valence electrons. The summed E-state index contributed by atoms with van der Waals surface area (Å²) in [7, 11) is 0. The van der Waals surface area contributed by atoms with Gasteiger partial charge in [0.05, 0.1) is 12.7 Å².